The van der Waals surface area contributed by atoms with Crippen molar-refractivity contribution in [2.24, 2.45) is 28.6 Å². The molecule has 3 heteroatoms. The molecule has 0 bridgehead atoms. The Morgan fingerprint density at radius 3 is 2.64 bits per heavy atom. The second kappa shape index (κ2) is 4.81. The number of hydrogen-bond donors (Lipinski definition) is 3. The normalized spacial score (nSPS) is 57.6. The molecule has 3 fully saturated rings. The van der Waals surface area contributed by atoms with Gasteiger partial charge < -0.3 is 15.3 Å². The average Bonchev–Trinajstić information content (AvgIpc) is 2.76. The van der Waals surface area contributed by atoms with Gasteiger partial charge in [0.05, 0.1) is 18.3 Å². The van der Waals surface area contributed by atoms with Crippen LogP contribution in [0.15, 0.2) is 11.6 Å². The highest BCUT2D eigenvalue weighted by Crippen LogP contribution is 2.64. The van der Waals surface area contributed by atoms with Crippen molar-refractivity contribution in [2.75, 3.05) is 0 Å². The summed E-state index contributed by atoms with van der Waals surface area (Å²) in [5.74, 6) is 0.957. The zero-order valence-corrected chi connectivity index (χ0v) is 13.8. The van der Waals surface area contributed by atoms with Gasteiger partial charge in [0.1, 0.15) is 0 Å². The molecule has 4 aliphatic rings. The predicted octanol–water partition coefficient (Wildman–Crippen LogP) is 2.64. The molecular formula is C19H30O3. The minimum absolute atomic E-state index is 0.156. The predicted molar refractivity (Wildman–Crippen MR) is 85.1 cm³/mol. The van der Waals surface area contributed by atoms with Crippen LogP contribution in [0.1, 0.15) is 58.8 Å². The van der Waals surface area contributed by atoms with E-state index in [4.69, 9.17) is 0 Å². The van der Waals surface area contributed by atoms with Gasteiger partial charge in [-0.3, -0.25) is 0 Å². The quantitative estimate of drug-likeness (QED) is 0.603. The SMILES string of the molecule is C[C@]12CC[C@@H]3[C@@H](C(O)C=C4CCCC(O)[C@@]43C)[C@@H]1CC(O)C2. The monoisotopic (exact) mass is 306 g/mol. The van der Waals surface area contributed by atoms with Crippen molar-refractivity contribution in [2.45, 2.75) is 77.1 Å². The van der Waals surface area contributed by atoms with Gasteiger partial charge in [-0.1, -0.05) is 25.5 Å². The van der Waals surface area contributed by atoms with Crippen LogP contribution in [0.2, 0.25) is 0 Å². The van der Waals surface area contributed by atoms with Crippen LogP contribution < -0.4 is 0 Å². The van der Waals surface area contributed by atoms with Crippen molar-refractivity contribution in [3.8, 4) is 0 Å². The Morgan fingerprint density at radius 2 is 1.86 bits per heavy atom. The zero-order chi connectivity index (χ0) is 15.7. The second-order valence-electron chi connectivity index (χ2n) is 8.95. The smallest absolute Gasteiger partial charge is 0.0757 e. The van der Waals surface area contributed by atoms with Crippen LogP contribution in [-0.4, -0.2) is 33.6 Å². The van der Waals surface area contributed by atoms with Gasteiger partial charge in [-0.2, -0.15) is 0 Å². The molecule has 0 heterocycles. The third kappa shape index (κ3) is 1.85. The van der Waals surface area contributed by atoms with Crippen LogP contribution in [0.5, 0.6) is 0 Å². The van der Waals surface area contributed by atoms with Crippen molar-refractivity contribution in [3.63, 3.8) is 0 Å². The highest BCUT2D eigenvalue weighted by molar-refractivity contribution is 5.28. The number of hydrogen-bond acceptors (Lipinski definition) is 3. The lowest BCUT2D eigenvalue weighted by atomic mass is 9.47. The lowest BCUT2D eigenvalue weighted by Crippen LogP contribution is -2.56. The Bertz CT molecular complexity index is 501. The molecule has 0 radical (unpaired) electrons. The average molecular weight is 306 g/mol. The van der Waals surface area contributed by atoms with E-state index in [1.165, 1.54) is 5.57 Å². The van der Waals surface area contributed by atoms with E-state index in [9.17, 15) is 15.3 Å². The molecule has 4 aliphatic carbocycles. The third-order valence-electron chi connectivity index (χ3n) is 7.92. The molecule has 4 rings (SSSR count). The van der Waals surface area contributed by atoms with Gasteiger partial charge in [0.2, 0.25) is 0 Å². The van der Waals surface area contributed by atoms with Crippen molar-refractivity contribution < 1.29 is 15.3 Å². The molecule has 0 spiro atoms. The standard InChI is InChI=1S/C19H30O3/c1-18-7-6-13-17(14(18)9-12(20)10-18)15(21)8-11-4-3-5-16(22)19(11,13)2/h8,12-17,20-22H,3-7,9-10H2,1-2H3/t12?,13-,14+,15?,16?,17-,18-,19+/m1/s1. The van der Waals surface area contributed by atoms with Gasteiger partial charge in [0.25, 0.3) is 0 Å². The fraction of sp³-hybridized carbons (Fsp3) is 0.895. The Kier molecular flexibility index (Phi) is 3.32. The molecule has 3 unspecified atom stereocenters. The second-order valence-corrected chi connectivity index (χ2v) is 8.95. The van der Waals surface area contributed by atoms with E-state index in [2.05, 4.69) is 19.9 Å². The van der Waals surface area contributed by atoms with Gasteiger partial charge in [0.15, 0.2) is 0 Å². The van der Waals surface area contributed by atoms with Crippen LogP contribution in [0.3, 0.4) is 0 Å². The summed E-state index contributed by atoms with van der Waals surface area (Å²) in [6.45, 7) is 4.54. The molecule has 0 amide bonds. The number of fused-ring (bicyclic) bond motifs is 5. The summed E-state index contributed by atoms with van der Waals surface area (Å²) in [5, 5.41) is 31.8. The van der Waals surface area contributed by atoms with Crippen molar-refractivity contribution in [1.82, 2.24) is 0 Å². The molecule has 3 N–H and O–H groups in total. The molecule has 124 valence electrons. The summed E-state index contributed by atoms with van der Waals surface area (Å²) in [5.41, 5.74) is 1.31. The maximum Gasteiger partial charge on any atom is 0.0757 e. The van der Waals surface area contributed by atoms with E-state index in [0.29, 0.717) is 11.8 Å². The van der Waals surface area contributed by atoms with Crippen LogP contribution in [-0.2, 0) is 0 Å². The highest BCUT2D eigenvalue weighted by atomic mass is 16.3. The van der Waals surface area contributed by atoms with E-state index in [-0.39, 0.29) is 29.0 Å². The van der Waals surface area contributed by atoms with E-state index < -0.39 is 6.10 Å². The highest BCUT2D eigenvalue weighted by Gasteiger charge is 2.60. The largest absolute Gasteiger partial charge is 0.393 e. The van der Waals surface area contributed by atoms with Crippen molar-refractivity contribution >= 4 is 0 Å². The molecule has 3 nitrogen and oxygen atoms in total. The van der Waals surface area contributed by atoms with Crippen LogP contribution in [0, 0.1) is 28.6 Å². The van der Waals surface area contributed by atoms with Crippen LogP contribution >= 0.6 is 0 Å². The van der Waals surface area contributed by atoms with Crippen LogP contribution in [0.4, 0.5) is 0 Å². The number of rotatable bonds is 0. The first-order valence-electron chi connectivity index (χ1n) is 9.11. The topological polar surface area (TPSA) is 60.7 Å². The first-order chi connectivity index (χ1) is 10.4. The summed E-state index contributed by atoms with van der Waals surface area (Å²) in [4.78, 5) is 0. The Hall–Kier alpha value is -0.380. The van der Waals surface area contributed by atoms with Gasteiger partial charge in [0, 0.05) is 5.41 Å². The van der Waals surface area contributed by atoms with Gasteiger partial charge in [-0.25, -0.2) is 0 Å². The van der Waals surface area contributed by atoms with Gasteiger partial charge in [-0.05, 0) is 68.1 Å². The Morgan fingerprint density at radius 1 is 1.09 bits per heavy atom. The molecule has 22 heavy (non-hydrogen) atoms. The summed E-state index contributed by atoms with van der Waals surface area (Å²) >= 11 is 0. The van der Waals surface area contributed by atoms with Gasteiger partial charge in [-0.15, -0.1) is 0 Å². The first-order valence-corrected chi connectivity index (χ1v) is 9.11. The lowest BCUT2D eigenvalue weighted by Gasteiger charge is -2.59. The number of aliphatic hydroxyl groups is 3. The van der Waals surface area contributed by atoms with E-state index in [0.717, 1.165) is 44.9 Å². The fourth-order valence-electron chi connectivity index (χ4n) is 6.73. The summed E-state index contributed by atoms with van der Waals surface area (Å²) in [6, 6.07) is 0. The molecule has 8 atom stereocenters. The molecule has 0 aromatic carbocycles. The minimum Gasteiger partial charge on any atom is -0.393 e. The molecular weight excluding hydrogens is 276 g/mol. The van der Waals surface area contributed by atoms with Gasteiger partial charge >= 0.3 is 0 Å². The molecule has 0 aromatic rings. The van der Waals surface area contributed by atoms with E-state index >= 15 is 0 Å². The Balaban J connectivity index is 1.76. The van der Waals surface area contributed by atoms with Crippen molar-refractivity contribution in [1.29, 1.82) is 0 Å². The summed E-state index contributed by atoms with van der Waals surface area (Å²) < 4.78 is 0. The molecule has 0 aliphatic heterocycles. The lowest BCUT2D eigenvalue weighted by molar-refractivity contribution is -0.113. The molecule has 0 saturated heterocycles. The zero-order valence-electron chi connectivity index (χ0n) is 13.8. The molecule has 3 saturated carbocycles. The number of aliphatic hydroxyl groups excluding tert-OH is 3. The van der Waals surface area contributed by atoms with Crippen LogP contribution in [0.25, 0.3) is 0 Å². The summed E-state index contributed by atoms with van der Waals surface area (Å²) in [7, 11) is 0. The first kappa shape index (κ1) is 15.2. The third-order valence-corrected chi connectivity index (χ3v) is 7.92. The minimum atomic E-state index is -0.395. The van der Waals surface area contributed by atoms with E-state index in [1.807, 2.05) is 0 Å². The fourth-order valence-corrected chi connectivity index (χ4v) is 6.73. The Labute approximate surface area is 133 Å². The molecule has 0 aromatic heterocycles. The maximum absolute atomic E-state index is 10.9. The van der Waals surface area contributed by atoms with Crippen molar-refractivity contribution in [3.05, 3.63) is 11.6 Å². The maximum atomic E-state index is 10.9. The van der Waals surface area contributed by atoms with E-state index in [1.54, 1.807) is 0 Å². The summed E-state index contributed by atoms with van der Waals surface area (Å²) in [6.07, 6.45) is 8.03.